The molecule has 10 heteroatoms. The van der Waals surface area contributed by atoms with Crippen LogP contribution in [0.1, 0.15) is 56.3 Å². The summed E-state index contributed by atoms with van der Waals surface area (Å²) in [6.07, 6.45) is 2.44. The molecule has 1 aromatic rings. The highest BCUT2D eigenvalue weighted by Gasteiger charge is 2.36. The van der Waals surface area contributed by atoms with E-state index in [1.54, 1.807) is 6.92 Å². The number of esters is 1. The van der Waals surface area contributed by atoms with Gasteiger partial charge in [0.1, 0.15) is 11.1 Å². The SMILES string of the molecule is CCOc1cc(C(=O)O[C@H](C)C(=O)NC2(C#N)CCCCC2)c([N+](=O)[O-])cc1OC. The number of ether oxygens (including phenoxy) is 3. The van der Waals surface area contributed by atoms with E-state index in [0.717, 1.165) is 31.4 Å². The molecule has 162 valence electrons. The number of nitrogens with one attached hydrogen (secondary N) is 1. The number of nitro groups is 1. The van der Waals surface area contributed by atoms with Gasteiger partial charge in [-0.25, -0.2) is 4.79 Å². The van der Waals surface area contributed by atoms with Crippen LogP contribution < -0.4 is 14.8 Å². The van der Waals surface area contributed by atoms with Crippen LogP contribution in [0.5, 0.6) is 11.5 Å². The first-order valence-electron chi connectivity index (χ1n) is 9.70. The molecule has 1 fully saturated rings. The molecule has 0 aromatic heterocycles. The van der Waals surface area contributed by atoms with Crippen molar-refractivity contribution in [3.8, 4) is 17.6 Å². The zero-order valence-electron chi connectivity index (χ0n) is 17.2. The summed E-state index contributed by atoms with van der Waals surface area (Å²) in [5.41, 5.74) is -1.88. The van der Waals surface area contributed by atoms with Crippen molar-refractivity contribution in [2.45, 2.75) is 57.6 Å². The van der Waals surface area contributed by atoms with E-state index in [0.29, 0.717) is 12.8 Å². The lowest BCUT2D eigenvalue weighted by Gasteiger charge is -2.32. The summed E-state index contributed by atoms with van der Waals surface area (Å²) in [6.45, 7) is 3.30. The Morgan fingerprint density at radius 3 is 2.50 bits per heavy atom. The van der Waals surface area contributed by atoms with Crippen molar-refractivity contribution in [1.82, 2.24) is 5.32 Å². The van der Waals surface area contributed by atoms with Crippen LogP contribution in [0.25, 0.3) is 0 Å². The Kier molecular flexibility index (Phi) is 7.58. The van der Waals surface area contributed by atoms with Crippen LogP contribution in [0.3, 0.4) is 0 Å². The molecule has 1 atom stereocenters. The maximum Gasteiger partial charge on any atom is 0.346 e. The number of amides is 1. The Labute approximate surface area is 174 Å². The Bertz CT molecular complexity index is 857. The van der Waals surface area contributed by atoms with Crippen molar-refractivity contribution < 1.29 is 28.7 Å². The van der Waals surface area contributed by atoms with Gasteiger partial charge >= 0.3 is 5.97 Å². The summed E-state index contributed by atoms with van der Waals surface area (Å²) in [6, 6.07) is 4.38. The Balaban J connectivity index is 2.21. The second-order valence-electron chi connectivity index (χ2n) is 7.00. The topological polar surface area (TPSA) is 141 Å². The number of hydrogen-bond donors (Lipinski definition) is 1. The van der Waals surface area contributed by atoms with Crippen molar-refractivity contribution in [3.05, 3.63) is 27.8 Å². The highest BCUT2D eigenvalue weighted by Crippen LogP contribution is 2.35. The van der Waals surface area contributed by atoms with E-state index in [2.05, 4.69) is 11.4 Å². The van der Waals surface area contributed by atoms with E-state index < -0.39 is 34.1 Å². The lowest BCUT2D eigenvalue weighted by Crippen LogP contribution is -2.52. The van der Waals surface area contributed by atoms with E-state index in [1.807, 2.05) is 0 Å². The van der Waals surface area contributed by atoms with E-state index in [9.17, 15) is 25.0 Å². The summed E-state index contributed by atoms with van der Waals surface area (Å²) in [7, 11) is 1.32. The number of nitrogens with zero attached hydrogens (tertiary/aromatic N) is 2. The zero-order chi connectivity index (χ0) is 22.3. The van der Waals surface area contributed by atoms with Gasteiger partial charge < -0.3 is 19.5 Å². The number of benzene rings is 1. The molecule has 0 spiro atoms. The highest BCUT2D eigenvalue weighted by atomic mass is 16.6. The van der Waals surface area contributed by atoms with Gasteiger partial charge in [-0.3, -0.25) is 14.9 Å². The van der Waals surface area contributed by atoms with Gasteiger partial charge in [-0.05, 0) is 26.7 Å². The quantitative estimate of drug-likeness (QED) is 0.385. The number of carbonyl (C=O) groups is 2. The summed E-state index contributed by atoms with van der Waals surface area (Å²) < 4.78 is 15.6. The number of hydrogen-bond acceptors (Lipinski definition) is 8. The molecule has 0 bridgehead atoms. The molecular weight excluding hydrogens is 394 g/mol. The standard InChI is InChI=1S/C20H25N3O7/c1-4-29-17-10-14(15(23(26)27)11-16(17)28-3)19(25)30-13(2)18(24)22-20(12-21)8-6-5-7-9-20/h10-11,13H,4-9H2,1-3H3,(H,22,24)/t13-/m1/s1. The molecule has 1 aliphatic rings. The minimum Gasteiger partial charge on any atom is -0.493 e. The number of carbonyl (C=O) groups excluding carboxylic acids is 2. The van der Waals surface area contributed by atoms with Crippen molar-refractivity contribution in [1.29, 1.82) is 5.26 Å². The molecule has 2 rings (SSSR count). The monoisotopic (exact) mass is 419 g/mol. The third kappa shape index (κ3) is 5.17. The molecule has 10 nitrogen and oxygen atoms in total. The fraction of sp³-hybridized carbons (Fsp3) is 0.550. The largest absolute Gasteiger partial charge is 0.493 e. The Morgan fingerprint density at radius 1 is 1.30 bits per heavy atom. The molecule has 0 saturated heterocycles. The van der Waals surface area contributed by atoms with Crippen LogP contribution in [-0.4, -0.2) is 42.2 Å². The molecule has 1 aromatic carbocycles. The maximum atomic E-state index is 12.6. The van der Waals surface area contributed by atoms with Crippen molar-refractivity contribution in [2.75, 3.05) is 13.7 Å². The first kappa shape index (κ1) is 22.9. The van der Waals surface area contributed by atoms with Crippen LogP contribution in [-0.2, 0) is 9.53 Å². The minimum atomic E-state index is -1.25. The van der Waals surface area contributed by atoms with Gasteiger partial charge in [0.05, 0.1) is 30.8 Å². The van der Waals surface area contributed by atoms with Crippen molar-refractivity contribution in [2.24, 2.45) is 0 Å². The van der Waals surface area contributed by atoms with Crippen LogP contribution in [0, 0.1) is 21.4 Å². The second-order valence-corrected chi connectivity index (χ2v) is 7.00. The van der Waals surface area contributed by atoms with E-state index >= 15 is 0 Å². The molecule has 0 radical (unpaired) electrons. The third-order valence-electron chi connectivity index (χ3n) is 4.94. The molecule has 1 aliphatic carbocycles. The predicted molar refractivity (Wildman–Crippen MR) is 105 cm³/mol. The molecule has 0 heterocycles. The van der Waals surface area contributed by atoms with Gasteiger partial charge in [-0.15, -0.1) is 0 Å². The smallest absolute Gasteiger partial charge is 0.346 e. The van der Waals surface area contributed by atoms with E-state index in [1.165, 1.54) is 14.0 Å². The third-order valence-corrected chi connectivity index (χ3v) is 4.94. The number of nitriles is 1. The summed E-state index contributed by atoms with van der Waals surface area (Å²) in [5.74, 6) is -1.45. The Hall–Kier alpha value is -3.35. The van der Waals surface area contributed by atoms with Gasteiger partial charge in [0, 0.05) is 6.07 Å². The number of nitro benzene ring substituents is 1. The van der Waals surface area contributed by atoms with Crippen LogP contribution in [0.15, 0.2) is 12.1 Å². The van der Waals surface area contributed by atoms with Crippen LogP contribution in [0.4, 0.5) is 5.69 Å². The van der Waals surface area contributed by atoms with Gasteiger partial charge in [-0.1, -0.05) is 19.3 Å². The minimum absolute atomic E-state index is 0.0964. The van der Waals surface area contributed by atoms with E-state index in [4.69, 9.17) is 14.2 Å². The first-order valence-corrected chi connectivity index (χ1v) is 9.70. The van der Waals surface area contributed by atoms with Gasteiger partial charge in [-0.2, -0.15) is 5.26 Å². The van der Waals surface area contributed by atoms with Gasteiger partial charge in [0.15, 0.2) is 17.6 Å². The van der Waals surface area contributed by atoms with Gasteiger partial charge in [0.2, 0.25) is 0 Å². The van der Waals surface area contributed by atoms with Gasteiger partial charge in [0.25, 0.3) is 11.6 Å². The first-order chi connectivity index (χ1) is 14.3. The summed E-state index contributed by atoms with van der Waals surface area (Å²) in [4.78, 5) is 35.8. The lowest BCUT2D eigenvalue weighted by atomic mass is 9.83. The second kappa shape index (κ2) is 9.91. The average Bonchev–Trinajstić information content (AvgIpc) is 2.73. The molecule has 1 N–H and O–H groups in total. The maximum absolute atomic E-state index is 12.6. The lowest BCUT2D eigenvalue weighted by molar-refractivity contribution is -0.385. The molecule has 0 unspecified atom stereocenters. The van der Waals surface area contributed by atoms with E-state index in [-0.39, 0.29) is 23.7 Å². The molecule has 30 heavy (non-hydrogen) atoms. The predicted octanol–water partition coefficient (Wildman–Crippen LogP) is 2.89. The van der Waals surface area contributed by atoms with Crippen LogP contribution in [0.2, 0.25) is 0 Å². The molecule has 0 aliphatic heterocycles. The fourth-order valence-electron chi connectivity index (χ4n) is 3.33. The zero-order valence-corrected chi connectivity index (χ0v) is 17.2. The fourth-order valence-corrected chi connectivity index (χ4v) is 3.33. The average molecular weight is 419 g/mol. The number of methoxy groups -OCH3 is 1. The molecule has 1 amide bonds. The highest BCUT2D eigenvalue weighted by molar-refractivity contribution is 5.96. The van der Waals surface area contributed by atoms with Crippen LogP contribution >= 0.6 is 0 Å². The molecular formula is C20H25N3O7. The number of rotatable bonds is 8. The molecule has 1 saturated carbocycles. The Morgan fingerprint density at radius 2 is 1.97 bits per heavy atom. The summed E-state index contributed by atoms with van der Waals surface area (Å²) in [5, 5.41) is 23.6. The summed E-state index contributed by atoms with van der Waals surface area (Å²) >= 11 is 0. The van der Waals surface area contributed by atoms with Crippen molar-refractivity contribution >= 4 is 17.6 Å². The normalized spacial score (nSPS) is 15.9. The van der Waals surface area contributed by atoms with Crippen molar-refractivity contribution in [3.63, 3.8) is 0 Å².